The van der Waals surface area contributed by atoms with Gasteiger partial charge in [-0.3, -0.25) is 10.1 Å². The highest BCUT2D eigenvalue weighted by atomic mass is 19.1. The Morgan fingerprint density at radius 1 is 1.14 bits per heavy atom. The second kappa shape index (κ2) is 7.16. The minimum Gasteiger partial charge on any atom is -0.465 e. The van der Waals surface area contributed by atoms with Crippen molar-refractivity contribution in [1.82, 2.24) is 9.78 Å². The summed E-state index contributed by atoms with van der Waals surface area (Å²) in [4.78, 5) is 22.3. The van der Waals surface area contributed by atoms with Gasteiger partial charge in [0.1, 0.15) is 5.69 Å². The van der Waals surface area contributed by atoms with E-state index in [1.54, 1.807) is 18.3 Å². The van der Waals surface area contributed by atoms with E-state index in [0.29, 0.717) is 16.5 Å². The van der Waals surface area contributed by atoms with Crippen molar-refractivity contribution in [2.24, 2.45) is 0 Å². The number of rotatable bonds is 4. The smallest absolute Gasteiger partial charge is 0.337 e. The van der Waals surface area contributed by atoms with E-state index in [2.05, 4.69) is 5.10 Å². The highest BCUT2D eigenvalue weighted by Crippen LogP contribution is 2.31. The average molecular weight is 391 g/mol. The molecule has 1 heterocycles. The van der Waals surface area contributed by atoms with Crippen LogP contribution in [-0.4, -0.2) is 27.8 Å². The Morgan fingerprint density at radius 3 is 2.55 bits per heavy atom. The Kier molecular flexibility index (Phi) is 4.52. The second-order valence-corrected chi connectivity index (χ2v) is 6.28. The SMILES string of the molecule is COC(=O)c1cc(-c2ccccc2)c2cn(-c3ccc([N+](=O)[O-])cc3F)nc2c1. The normalized spacial score (nSPS) is 10.8. The summed E-state index contributed by atoms with van der Waals surface area (Å²) in [6.45, 7) is 0. The van der Waals surface area contributed by atoms with Crippen LogP contribution >= 0.6 is 0 Å². The number of benzene rings is 3. The van der Waals surface area contributed by atoms with Crippen molar-refractivity contribution in [2.75, 3.05) is 7.11 Å². The second-order valence-electron chi connectivity index (χ2n) is 6.28. The zero-order chi connectivity index (χ0) is 20.5. The van der Waals surface area contributed by atoms with Gasteiger partial charge in [0.25, 0.3) is 5.69 Å². The van der Waals surface area contributed by atoms with Crippen LogP contribution in [0.25, 0.3) is 27.7 Å². The van der Waals surface area contributed by atoms with Crippen molar-refractivity contribution in [2.45, 2.75) is 0 Å². The van der Waals surface area contributed by atoms with Crippen LogP contribution in [0, 0.1) is 15.9 Å². The molecule has 0 amide bonds. The number of nitro groups is 1. The standard InChI is InChI=1S/C21H14FN3O4/c1-29-21(26)14-9-16(13-5-3-2-4-6-13)17-12-24(23-19(17)10-14)20-8-7-15(25(27)28)11-18(20)22/h2-12H,1H3. The van der Waals surface area contributed by atoms with Crippen LogP contribution in [-0.2, 0) is 4.74 Å². The third-order valence-electron chi connectivity index (χ3n) is 4.52. The number of nitro benzene ring substituents is 1. The number of carbonyl (C=O) groups is 1. The predicted molar refractivity (Wildman–Crippen MR) is 104 cm³/mol. The molecule has 0 aliphatic heterocycles. The van der Waals surface area contributed by atoms with Gasteiger partial charge < -0.3 is 4.74 Å². The Morgan fingerprint density at radius 2 is 1.90 bits per heavy atom. The Bertz CT molecular complexity index is 1250. The molecule has 0 aliphatic rings. The maximum Gasteiger partial charge on any atom is 0.337 e. The number of fused-ring (bicyclic) bond motifs is 1. The molecular formula is C21H14FN3O4. The highest BCUT2D eigenvalue weighted by molar-refractivity contribution is 6.01. The summed E-state index contributed by atoms with van der Waals surface area (Å²) < 4.78 is 20.6. The van der Waals surface area contributed by atoms with Gasteiger partial charge in [0.2, 0.25) is 0 Å². The van der Waals surface area contributed by atoms with E-state index in [1.165, 1.54) is 23.9 Å². The van der Waals surface area contributed by atoms with Gasteiger partial charge in [-0.05, 0) is 29.3 Å². The van der Waals surface area contributed by atoms with Crippen LogP contribution in [0.3, 0.4) is 0 Å². The van der Waals surface area contributed by atoms with Crippen LogP contribution in [0.2, 0.25) is 0 Å². The maximum atomic E-state index is 14.5. The van der Waals surface area contributed by atoms with E-state index < -0.39 is 16.7 Å². The number of nitrogens with zero attached hydrogens (tertiary/aromatic N) is 3. The van der Waals surface area contributed by atoms with Crippen LogP contribution < -0.4 is 0 Å². The Hall–Kier alpha value is -4.07. The number of methoxy groups -OCH3 is 1. The van der Waals surface area contributed by atoms with Gasteiger partial charge in [0, 0.05) is 17.6 Å². The van der Waals surface area contributed by atoms with Crippen LogP contribution in [0.4, 0.5) is 10.1 Å². The highest BCUT2D eigenvalue weighted by Gasteiger charge is 2.17. The number of hydrogen-bond donors (Lipinski definition) is 0. The molecule has 0 saturated carbocycles. The minimum absolute atomic E-state index is 0.0606. The van der Waals surface area contributed by atoms with Crippen molar-refractivity contribution in [3.05, 3.63) is 88.4 Å². The number of esters is 1. The summed E-state index contributed by atoms with van der Waals surface area (Å²) >= 11 is 0. The van der Waals surface area contributed by atoms with E-state index in [1.807, 2.05) is 30.3 Å². The molecule has 0 N–H and O–H groups in total. The fourth-order valence-electron chi connectivity index (χ4n) is 3.13. The number of aromatic nitrogens is 2. The van der Waals surface area contributed by atoms with Gasteiger partial charge >= 0.3 is 5.97 Å². The third-order valence-corrected chi connectivity index (χ3v) is 4.52. The molecule has 7 nitrogen and oxygen atoms in total. The molecule has 8 heteroatoms. The lowest BCUT2D eigenvalue weighted by Crippen LogP contribution is -2.01. The quantitative estimate of drug-likeness (QED) is 0.290. The largest absolute Gasteiger partial charge is 0.465 e. The number of hydrogen-bond acceptors (Lipinski definition) is 5. The lowest BCUT2D eigenvalue weighted by Gasteiger charge is -2.06. The van der Waals surface area contributed by atoms with Crippen LogP contribution in [0.1, 0.15) is 10.4 Å². The van der Waals surface area contributed by atoms with Gasteiger partial charge in [-0.25, -0.2) is 13.9 Å². The fourth-order valence-corrected chi connectivity index (χ4v) is 3.13. The predicted octanol–water partition coefficient (Wildman–Crippen LogP) is 4.53. The molecule has 0 aliphatic carbocycles. The molecular weight excluding hydrogens is 377 g/mol. The maximum absolute atomic E-state index is 14.5. The number of carbonyl (C=O) groups excluding carboxylic acids is 1. The Labute approximate surface area is 164 Å². The lowest BCUT2D eigenvalue weighted by molar-refractivity contribution is -0.385. The molecule has 4 aromatic rings. The van der Waals surface area contributed by atoms with E-state index in [0.717, 1.165) is 17.2 Å². The van der Waals surface area contributed by atoms with Crippen molar-refractivity contribution in [1.29, 1.82) is 0 Å². The zero-order valence-corrected chi connectivity index (χ0v) is 15.2. The van der Waals surface area contributed by atoms with Gasteiger partial charge in [-0.15, -0.1) is 0 Å². The van der Waals surface area contributed by atoms with Crippen LogP contribution in [0.15, 0.2) is 66.9 Å². The molecule has 4 rings (SSSR count). The van der Waals surface area contributed by atoms with Crippen molar-refractivity contribution < 1.29 is 18.8 Å². The molecule has 0 fully saturated rings. The van der Waals surface area contributed by atoms with E-state index in [9.17, 15) is 19.3 Å². The summed E-state index contributed by atoms with van der Waals surface area (Å²) in [5, 5.41) is 15.9. The first-order valence-corrected chi connectivity index (χ1v) is 8.59. The summed E-state index contributed by atoms with van der Waals surface area (Å²) in [6.07, 6.45) is 1.63. The zero-order valence-electron chi connectivity index (χ0n) is 15.2. The monoisotopic (exact) mass is 391 g/mol. The lowest BCUT2D eigenvalue weighted by atomic mass is 9.99. The molecule has 1 aromatic heterocycles. The number of ether oxygens (including phenoxy) is 1. The Balaban J connectivity index is 1.93. The van der Waals surface area contributed by atoms with E-state index in [-0.39, 0.29) is 11.4 Å². The van der Waals surface area contributed by atoms with E-state index >= 15 is 0 Å². The topological polar surface area (TPSA) is 87.3 Å². The molecule has 3 aromatic carbocycles. The summed E-state index contributed by atoms with van der Waals surface area (Å²) in [6, 6.07) is 16.0. The van der Waals surface area contributed by atoms with Gasteiger partial charge in [-0.1, -0.05) is 30.3 Å². The molecule has 0 spiro atoms. The number of non-ortho nitro benzene ring substituents is 1. The first-order chi connectivity index (χ1) is 14.0. The number of halogens is 1. The summed E-state index contributed by atoms with van der Waals surface area (Å²) in [7, 11) is 1.29. The average Bonchev–Trinajstić information content (AvgIpc) is 3.16. The molecule has 29 heavy (non-hydrogen) atoms. The molecule has 144 valence electrons. The molecule has 0 unspecified atom stereocenters. The summed E-state index contributed by atoms with van der Waals surface area (Å²) in [5.41, 5.74) is 2.08. The van der Waals surface area contributed by atoms with Gasteiger partial charge in [-0.2, -0.15) is 5.10 Å². The van der Waals surface area contributed by atoms with E-state index in [4.69, 9.17) is 4.74 Å². The third kappa shape index (κ3) is 3.31. The minimum atomic E-state index is -0.776. The molecule has 0 saturated heterocycles. The molecule has 0 radical (unpaired) electrons. The first-order valence-electron chi connectivity index (χ1n) is 8.59. The molecule has 0 bridgehead atoms. The fraction of sp³-hybridized carbons (Fsp3) is 0.0476. The van der Waals surface area contributed by atoms with Gasteiger partial charge in [0.05, 0.1) is 29.2 Å². The van der Waals surface area contributed by atoms with Crippen LogP contribution in [0.5, 0.6) is 0 Å². The van der Waals surface area contributed by atoms with Gasteiger partial charge in [0.15, 0.2) is 5.82 Å². The molecule has 0 atom stereocenters. The summed E-state index contributed by atoms with van der Waals surface area (Å²) in [5.74, 6) is -1.29. The van der Waals surface area contributed by atoms with Crippen molar-refractivity contribution in [3.63, 3.8) is 0 Å². The van der Waals surface area contributed by atoms with Crippen molar-refractivity contribution >= 4 is 22.6 Å². The van der Waals surface area contributed by atoms with Crippen molar-refractivity contribution in [3.8, 4) is 16.8 Å². The first kappa shape index (κ1) is 18.3.